The van der Waals surface area contributed by atoms with E-state index >= 15 is 0 Å². The Kier molecular flexibility index (Phi) is 5.79. The van der Waals surface area contributed by atoms with Gasteiger partial charge in [-0.1, -0.05) is 6.08 Å². The SMILES string of the molecule is C=CCN(C(=O)c1[nH]c(C)c(C(=O)OCC)c1C)c1nc2c(s1)CCCC2. The highest BCUT2D eigenvalue weighted by Gasteiger charge is 2.28. The summed E-state index contributed by atoms with van der Waals surface area (Å²) in [4.78, 5) is 36.2. The number of aromatic amines is 1. The van der Waals surface area contributed by atoms with Gasteiger partial charge in [0.2, 0.25) is 0 Å². The normalized spacial score (nSPS) is 13.1. The molecule has 1 aliphatic rings. The molecule has 144 valence electrons. The van der Waals surface area contributed by atoms with Gasteiger partial charge in [-0.05, 0) is 52.0 Å². The Balaban J connectivity index is 1.96. The third kappa shape index (κ3) is 3.69. The van der Waals surface area contributed by atoms with Crippen molar-refractivity contribution >= 4 is 28.3 Å². The Morgan fingerprint density at radius 2 is 2.07 bits per heavy atom. The van der Waals surface area contributed by atoms with Crippen molar-refractivity contribution in [2.45, 2.75) is 46.5 Å². The van der Waals surface area contributed by atoms with E-state index in [1.807, 2.05) is 0 Å². The standard InChI is InChI=1S/C20H25N3O3S/c1-5-11-23(20-22-14-9-7-8-10-15(14)27-20)18(24)17-12(3)16(13(4)21-17)19(25)26-6-2/h5,21H,1,6-11H2,2-4H3. The van der Waals surface area contributed by atoms with E-state index in [-0.39, 0.29) is 5.91 Å². The molecule has 2 aromatic heterocycles. The van der Waals surface area contributed by atoms with Crippen molar-refractivity contribution in [1.29, 1.82) is 0 Å². The lowest BCUT2D eigenvalue weighted by molar-refractivity contribution is 0.0525. The third-order valence-electron chi connectivity index (χ3n) is 4.75. The fourth-order valence-electron chi connectivity index (χ4n) is 3.44. The van der Waals surface area contributed by atoms with E-state index in [9.17, 15) is 9.59 Å². The number of fused-ring (bicyclic) bond motifs is 1. The van der Waals surface area contributed by atoms with Crippen LogP contribution in [0.1, 0.15) is 62.4 Å². The number of anilines is 1. The minimum atomic E-state index is -0.414. The first kappa shape index (κ1) is 19.4. The van der Waals surface area contributed by atoms with Gasteiger partial charge in [0.05, 0.1) is 17.9 Å². The fourth-order valence-corrected chi connectivity index (χ4v) is 4.59. The van der Waals surface area contributed by atoms with E-state index in [1.54, 1.807) is 43.1 Å². The molecule has 0 saturated heterocycles. The Morgan fingerprint density at radius 1 is 1.33 bits per heavy atom. The van der Waals surface area contributed by atoms with Gasteiger partial charge in [0.15, 0.2) is 5.13 Å². The van der Waals surface area contributed by atoms with Crippen LogP contribution in [0.15, 0.2) is 12.7 Å². The summed E-state index contributed by atoms with van der Waals surface area (Å²) in [5.74, 6) is -0.625. The van der Waals surface area contributed by atoms with Crippen LogP contribution >= 0.6 is 11.3 Å². The summed E-state index contributed by atoms with van der Waals surface area (Å²) in [6.07, 6.45) is 5.99. The largest absolute Gasteiger partial charge is 0.462 e. The van der Waals surface area contributed by atoms with Crippen LogP contribution in [0.3, 0.4) is 0 Å². The number of H-pyrrole nitrogens is 1. The van der Waals surface area contributed by atoms with Crippen LogP contribution in [0.5, 0.6) is 0 Å². The molecule has 2 aromatic rings. The molecule has 0 aliphatic heterocycles. The third-order valence-corrected chi connectivity index (χ3v) is 5.93. The van der Waals surface area contributed by atoms with Crippen LogP contribution in [0, 0.1) is 13.8 Å². The number of aryl methyl sites for hydroxylation is 3. The number of carbonyl (C=O) groups excluding carboxylic acids is 2. The Hall–Kier alpha value is -2.41. The smallest absolute Gasteiger partial charge is 0.340 e. The maximum atomic E-state index is 13.3. The zero-order chi connectivity index (χ0) is 19.6. The van der Waals surface area contributed by atoms with Crippen LogP contribution < -0.4 is 4.90 Å². The zero-order valence-electron chi connectivity index (χ0n) is 16.1. The number of esters is 1. The predicted molar refractivity (Wildman–Crippen MR) is 107 cm³/mol. The Labute approximate surface area is 163 Å². The topological polar surface area (TPSA) is 75.3 Å². The second-order valence-corrected chi connectivity index (χ2v) is 7.69. The number of hydrogen-bond donors (Lipinski definition) is 1. The second kappa shape index (κ2) is 8.08. The van der Waals surface area contributed by atoms with Gasteiger partial charge in [0.25, 0.3) is 5.91 Å². The molecule has 7 heteroatoms. The molecule has 1 N–H and O–H groups in total. The van der Waals surface area contributed by atoms with E-state index in [0.29, 0.717) is 40.8 Å². The molecular formula is C20H25N3O3S. The molecule has 0 atom stereocenters. The molecule has 0 fully saturated rings. The average molecular weight is 388 g/mol. The van der Waals surface area contributed by atoms with Gasteiger partial charge >= 0.3 is 5.97 Å². The Morgan fingerprint density at radius 3 is 2.74 bits per heavy atom. The first-order valence-electron chi connectivity index (χ1n) is 9.25. The first-order valence-corrected chi connectivity index (χ1v) is 10.1. The molecule has 0 saturated carbocycles. The molecule has 0 aromatic carbocycles. The van der Waals surface area contributed by atoms with Gasteiger partial charge in [-0.15, -0.1) is 17.9 Å². The van der Waals surface area contributed by atoms with E-state index < -0.39 is 5.97 Å². The Bertz CT molecular complexity index is 858. The quantitative estimate of drug-likeness (QED) is 0.601. The van der Waals surface area contributed by atoms with E-state index in [0.717, 1.165) is 25.0 Å². The van der Waals surface area contributed by atoms with Gasteiger partial charge in [0, 0.05) is 17.1 Å². The summed E-state index contributed by atoms with van der Waals surface area (Å²) in [6, 6.07) is 0. The summed E-state index contributed by atoms with van der Waals surface area (Å²) in [5, 5.41) is 0.691. The average Bonchev–Trinajstić information content (AvgIpc) is 3.19. The van der Waals surface area contributed by atoms with Gasteiger partial charge in [-0.25, -0.2) is 9.78 Å². The van der Waals surface area contributed by atoms with Crippen molar-refractivity contribution in [3.05, 3.63) is 45.7 Å². The molecule has 6 nitrogen and oxygen atoms in total. The number of amides is 1. The van der Waals surface area contributed by atoms with Crippen molar-refractivity contribution in [2.75, 3.05) is 18.1 Å². The maximum absolute atomic E-state index is 13.3. The molecule has 3 rings (SSSR count). The maximum Gasteiger partial charge on any atom is 0.340 e. The van der Waals surface area contributed by atoms with Crippen LogP contribution in [-0.4, -0.2) is 35.0 Å². The van der Waals surface area contributed by atoms with Crippen molar-refractivity contribution < 1.29 is 14.3 Å². The predicted octanol–water partition coefficient (Wildman–Crippen LogP) is 3.98. The number of rotatable bonds is 6. The molecule has 0 unspecified atom stereocenters. The van der Waals surface area contributed by atoms with E-state index in [4.69, 9.17) is 9.72 Å². The molecule has 1 amide bonds. The highest BCUT2D eigenvalue weighted by atomic mass is 32.1. The summed E-state index contributed by atoms with van der Waals surface area (Å²) < 4.78 is 5.12. The van der Waals surface area contributed by atoms with Crippen molar-refractivity contribution in [3.63, 3.8) is 0 Å². The summed E-state index contributed by atoms with van der Waals surface area (Å²) in [6.45, 7) is 9.73. The van der Waals surface area contributed by atoms with Crippen molar-refractivity contribution in [2.24, 2.45) is 0 Å². The lowest BCUT2D eigenvalue weighted by Gasteiger charge is -2.17. The zero-order valence-corrected chi connectivity index (χ0v) is 16.9. The fraction of sp³-hybridized carbons (Fsp3) is 0.450. The molecule has 0 spiro atoms. The highest BCUT2D eigenvalue weighted by molar-refractivity contribution is 7.16. The lowest BCUT2D eigenvalue weighted by Crippen LogP contribution is -2.31. The summed E-state index contributed by atoms with van der Waals surface area (Å²) in [5.41, 5.74) is 3.16. The summed E-state index contributed by atoms with van der Waals surface area (Å²) >= 11 is 1.58. The van der Waals surface area contributed by atoms with E-state index in [2.05, 4.69) is 11.6 Å². The second-order valence-electron chi connectivity index (χ2n) is 6.62. The summed E-state index contributed by atoms with van der Waals surface area (Å²) in [7, 11) is 0. The van der Waals surface area contributed by atoms with Gasteiger partial charge in [-0.2, -0.15) is 0 Å². The van der Waals surface area contributed by atoms with Gasteiger partial charge in [-0.3, -0.25) is 9.69 Å². The molecule has 27 heavy (non-hydrogen) atoms. The number of hydrogen-bond acceptors (Lipinski definition) is 5. The number of nitrogens with one attached hydrogen (secondary N) is 1. The minimum Gasteiger partial charge on any atom is -0.462 e. The van der Waals surface area contributed by atoms with Crippen LogP contribution in [0.2, 0.25) is 0 Å². The lowest BCUT2D eigenvalue weighted by atomic mass is 10.0. The number of aromatic nitrogens is 2. The van der Waals surface area contributed by atoms with Gasteiger partial charge in [0.1, 0.15) is 5.69 Å². The number of nitrogens with zero attached hydrogens (tertiary/aromatic N) is 2. The monoisotopic (exact) mass is 387 g/mol. The number of carbonyl (C=O) groups is 2. The molecule has 0 radical (unpaired) electrons. The highest BCUT2D eigenvalue weighted by Crippen LogP contribution is 2.33. The van der Waals surface area contributed by atoms with Crippen molar-refractivity contribution in [3.8, 4) is 0 Å². The van der Waals surface area contributed by atoms with Crippen molar-refractivity contribution in [1.82, 2.24) is 9.97 Å². The molecule has 0 bridgehead atoms. The number of ether oxygens (including phenoxy) is 1. The number of thiazole rings is 1. The molecule has 1 aliphatic carbocycles. The van der Waals surface area contributed by atoms with Crippen LogP contribution in [-0.2, 0) is 17.6 Å². The van der Waals surface area contributed by atoms with Crippen LogP contribution in [0.25, 0.3) is 0 Å². The molecular weight excluding hydrogens is 362 g/mol. The molecule has 2 heterocycles. The van der Waals surface area contributed by atoms with Gasteiger partial charge < -0.3 is 9.72 Å². The minimum absolute atomic E-state index is 0.211. The first-order chi connectivity index (χ1) is 13.0. The van der Waals surface area contributed by atoms with E-state index in [1.165, 1.54) is 11.3 Å². The van der Waals surface area contributed by atoms with Crippen LogP contribution in [0.4, 0.5) is 5.13 Å².